The van der Waals surface area contributed by atoms with Crippen molar-refractivity contribution in [1.29, 1.82) is 0 Å². The molecule has 73 valence electrons. The van der Waals surface area contributed by atoms with E-state index >= 15 is 0 Å². The predicted molar refractivity (Wildman–Crippen MR) is 56.1 cm³/mol. The fraction of sp³-hybridized carbons (Fsp3) is 0.909. The van der Waals surface area contributed by atoms with E-state index in [1.807, 2.05) is 0 Å². The fourth-order valence-electron chi connectivity index (χ4n) is 1.44. The van der Waals surface area contributed by atoms with Crippen molar-refractivity contribution in [2.24, 2.45) is 5.92 Å². The van der Waals surface area contributed by atoms with E-state index in [1.165, 1.54) is 25.9 Å². The van der Waals surface area contributed by atoms with Crippen LogP contribution in [0.4, 0.5) is 0 Å². The van der Waals surface area contributed by atoms with Gasteiger partial charge in [-0.2, -0.15) is 0 Å². The third-order valence-corrected chi connectivity index (χ3v) is 2.26. The maximum atomic E-state index is 4.20. The molecule has 1 atom stereocenters. The van der Waals surface area contributed by atoms with E-state index in [-0.39, 0.29) is 0 Å². The van der Waals surface area contributed by atoms with Crippen molar-refractivity contribution in [1.82, 2.24) is 4.90 Å². The molecule has 0 saturated carbocycles. The smallest absolute Gasteiger partial charge is 0.0119 e. The van der Waals surface area contributed by atoms with Gasteiger partial charge in [-0.1, -0.05) is 27.7 Å². The third kappa shape index (κ3) is 4.10. The first kappa shape index (κ1) is 12.0. The van der Waals surface area contributed by atoms with Crippen LogP contribution in [0.2, 0.25) is 0 Å². The zero-order valence-corrected chi connectivity index (χ0v) is 9.14. The van der Waals surface area contributed by atoms with Gasteiger partial charge in [-0.05, 0) is 38.8 Å². The molecule has 0 aliphatic carbocycles. The van der Waals surface area contributed by atoms with Gasteiger partial charge in [-0.25, -0.2) is 0 Å². The molecule has 0 amide bonds. The molecule has 1 unspecified atom stereocenters. The number of hydrogen-bond donors (Lipinski definition) is 0. The van der Waals surface area contributed by atoms with Gasteiger partial charge in [-0.15, -0.1) is 0 Å². The fourth-order valence-corrected chi connectivity index (χ4v) is 1.44. The Morgan fingerprint density at radius 3 is 1.75 bits per heavy atom. The highest BCUT2D eigenvalue weighted by Gasteiger charge is 2.14. The number of nitrogens with zero attached hydrogens (tertiary/aromatic N) is 1. The highest BCUT2D eigenvalue weighted by molar-refractivity contribution is 4.76. The van der Waals surface area contributed by atoms with Crippen LogP contribution in [-0.2, 0) is 0 Å². The molecule has 0 heterocycles. The van der Waals surface area contributed by atoms with Gasteiger partial charge in [0.15, 0.2) is 0 Å². The Morgan fingerprint density at radius 1 is 1.08 bits per heavy atom. The van der Waals surface area contributed by atoms with Gasteiger partial charge in [0.2, 0.25) is 0 Å². The Morgan fingerprint density at radius 2 is 1.50 bits per heavy atom. The minimum atomic E-state index is 0.491. The first-order chi connectivity index (χ1) is 5.63. The molecule has 12 heavy (non-hydrogen) atoms. The van der Waals surface area contributed by atoms with Crippen LogP contribution in [0, 0.1) is 12.8 Å². The van der Waals surface area contributed by atoms with Crippen LogP contribution in [-0.4, -0.2) is 24.0 Å². The lowest BCUT2D eigenvalue weighted by molar-refractivity contribution is 0.188. The Hall–Kier alpha value is -0.0400. The molecule has 1 heteroatoms. The van der Waals surface area contributed by atoms with Crippen LogP contribution in [0.15, 0.2) is 0 Å². The first-order valence-corrected chi connectivity index (χ1v) is 5.20. The highest BCUT2D eigenvalue weighted by atomic mass is 15.1. The van der Waals surface area contributed by atoms with E-state index in [0.717, 1.165) is 0 Å². The molecule has 0 aliphatic rings. The van der Waals surface area contributed by atoms with Crippen LogP contribution in [0.5, 0.6) is 0 Å². The van der Waals surface area contributed by atoms with E-state index in [9.17, 15) is 0 Å². The lowest BCUT2D eigenvalue weighted by Gasteiger charge is -2.30. The van der Waals surface area contributed by atoms with Crippen molar-refractivity contribution in [2.75, 3.05) is 13.1 Å². The minimum absolute atomic E-state index is 0.491. The maximum absolute atomic E-state index is 4.20. The number of hydrogen-bond acceptors (Lipinski definition) is 1. The molecule has 0 aromatic heterocycles. The molecule has 0 fully saturated rings. The molecular formula is C11H24N. The topological polar surface area (TPSA) is 3.24 Å². The third-order valence-electron chi connectivity index (χ3n) is 2.26. The zero-order chi connectivity index (χ0) is 9.56. The summed E-state index contributed by atoms with van der Waals surface area (Å²) >= 11 is 0. The molecule has 0 saturated heterocycles. The summed E-state index contributed by atoms with van der Waals surface area (Å²) in [7, 11) is 0. The van der Waals surface area contributed by atoms with E-state index in [2.05, 4.69) is 39.5 Å². The van der Waals surface area contributed by atoms with Crippen molar-refractivity contribution in [3.8, 4) is 0 Å². The summed E-state index contributed by atoms with van der Waals surface area (Å²) in [6.45, 7) is 15.5. The van der Waals surface area contributed by atoms with Crippen molar-refractivity contribution < 1.29 is 0 Å². The Bertz CT molecular complexity index is 93.2. The summed E-state index contributed by atoms with van der Waals surface area (Å²) in [5.41, 5.74) is 0. The summed E-state index contributed by atoms with van der Waals surface area (Å²) in [6.07, 6.45) is 2.47. The predicted octanol–water partition coefficient (Wildman–Crippen LogP) is 2.97. The van der Waals surface area contributed by atoms with Gasteiger partial charge in [-0.3, -0.25) is 0 Å². The van der Waals surface area contributed by atoms with Crippen LogP contribution < -0.4 is 0 Å². The molecule has 0 aliphatic heterocycles. The SMILES string of the molecule is [CH2]C(C(C)C)N(CCC)CCC. The molecule has 1 nitrogen and oxygen atoms in total. The van der Waals surface area contributed by atoms with Crippen LogP contribution in [0.3, 0.4) is 0 Å². The second kappa shape index (κ2) is 6.47. The van der Waals surface area contributed by atoms with Gasteiger partial charge in [0.25, 0.3) is 0 Å². The summed E-state index contributed by atoms with van der Waals surface area (Å²) < 4.78 is 0. The van der Waals surface area contributed by atoms with Gasteiger partial charge in [0.05, 0.1) is 0 Å². The summed E-state index contributed by atoms with van der Waals surface area (Å²) in [6, 6.07) is 0.491. The molecule has 1 radical (unpaired) electrons. The highest BCUT2D eigenvalue weighted by Crippen LogP contribution is 2.10. The van der Waals surface area contributed by atoms with Crippen LogP contribution in [0.25, 0.3) is 0 Å². The van der Waals surface area contributed by atoms with E-state index in [4.69, 9.17) is 0 Å². The molecule has 0 bridgehead atoms. The summed E-state index contributed by atoms with van der Waals surface area (Å²) in [4.78, 5) is 2.49. The average Bonchev–Trinajstić information content (AvgIpc) is 2.03. The van der Waals surface area contributed by atoms with Crippen molar-refractivity contribution in [3.63, 3.8) is 0 Å². The van der Waals surface area contributed by atoms with Gasteiger partial charge >= 0.3 is 0 Å². The standard InChI is InChI=1S/C11H24N/c1-6-8-12(9-7-2)11(5)10(3)4/h10-11H,5-9H2,1-4H3. The largest absolute Gasteiger partial charge is 0.300 e. The summed E-state index contributed by atoms with van der Waals surface area (Å²) in [5.74, 6) is 0.670. The molecule has 0 aromatic rings. The lowest BCUT2D eigenvalue weighted by Crippen LogP contribution is -2.38. The van der Waals surface area contributed by atoms with Crippen molar-refractivity contribution in [3.05, 3.63) is 6.92 Å². The second-order valence-electron chi connectivity index (χ2n) is 3.85. The van der Waals surface area contributed by atoms with E-state index in [1.54, 1.807) is 0 Å². The number of rotatable bonds is 6. The zero-order valence-electron chi connectivity index (χ0n) is 9.14. The van der Waals surface area contributed by atoms with Crippen LogP contribution >= 0.6 is 0 Å². The quantitative estimate of drug-likeness (QED) is 0.592. The van der Waals surface area contributed by atoms with Gasteiger partial charge in [0.1, 0.15) is 0 Å². The van der Waals surface area contributed by atoms with Gasteiger partial charge < -0.3 is 4.90 Å². The monoisotopic (exact) mass is 170 g/mol. The van der Waals surface area contributed by atoms with Crippen molar-refractivity contribution >= 4 is 0 Å². The molecule has 0 aromatic carbocycles. The average molecular weight is 170 g/mol. The van der Waals surface area contributed by atoms with E-state index in [0.29, 0.717) is 12.0 Å². The van der Waals surface area contributed by atoms with Crippen LogP contribution in [0.1, 0.15) is 40.5 Å². The van der Waals surface area contributed by atoms with Gasteiger partial charge in [0, 0.05) is 6.04 Å². The second-order valence-corrected chi connectivity index (χ2v) is 3.85. The Balaban J connectivity index is 3.89. The Kier molecular flexibility index (Phi) is 6.45. The molecule has 0 rings (SSSR count). The molecular weight excluding hydrogens is 146 g/mol. The Labute approximate surface area is 78.1 Å². The first-order valence-electron chi connectivity index (χ1n) is 5.20. The maximum Gasteiger partial charge on any atom is 0.0119 e. The van der Waals surface area contributed by atoms with E-state index < -0.39 is 0 Å². The molecule has 0 spiro atoms. The lowest BCUT2D eigenvalue weighted by atomic mass is 10.0. The minimum Gasteiger partial charge on any atom is -0.300 e. The van der Waals surface area contributed by atoms with Crippen molar-refractivity contribution in [2.45, 2.75) is 46.6 Å². The normalized spacial score (nSPS) is 14.2. The molecule has 0 N–H and O–H groups in total. The summed E-state index contributed by atoms with van der Waals surface area (Å²) in [5, 5.41) is 0.